The summed E-state index contributed by atoms with van der Waals surface area (Å²) in [4.78, 5) is 11.9. The molecule has 2 N–H and O–H groups in total. The molecule has 0 heterocycles. The Bertz CT molecular complexity index is 680. The van der Waals surface area contributed by atoms with E-state index in [9.17, 15) is 4.79 Å². The van der Waals surface area contributed by atoms with E-state index >= 15 is 0 Å². The van der Waals surface area contributed by atoms with Crippen molar-refractivity contribution in [2.24, 2.45) is 0 Å². The van der Waals surface area contributed by atoms with Gasteiger partial charge in [-0.3, -0.25) is 0 Å². The van der Waals surface area contributed by atoms with Crippen LogP contribution >= 0.6 is 15.9 Å². The molecule has 0 aliphatic carbocycles. The van der Waals surface area contributed by atoms with Gasteiger partial charge in [0.15, 0.2) is 0 Å². The van der Waals surface area contributed by atoms with Crippen molar-refractivity contribution in [2.75, 3.05) is 0 Å². The van der Waals surface area contributed by atoms with Crippen LogP contribution in [0.2, 0.25) is 0 Å². The predicted molar refractivity (Wildman–Crippen MR) is 99.1 cm³/mol. The average molecular weight is 373 g/mol. The van der Waals surface area contributed by atoms with E-state index in [1.54, 1.807) is 6.20 Å². The van der Waals surface area contributed by atoms with E-state index in [-0.39, 0.29) is 12.1 Å². The van der Waals surface area contributed by atoms with Gasteiger partial charge in [0.05, 0.1) is 6.04 Å². The fraction of sp³-hybridized carbons (Fsp3) is 0.211. The van der Waals surface area contributed by atoms with Gasteiger partial charge in [-0.1, -0.05) is 59.3 Å². The molecular formula is C19H21BrN2O. The Labute approximate surface area is 145 Å². The molecule has 0 saturated carbocycles. The summed E-state index contributed by atoms with van der Waals surface area (Å²) in [7, 11) is 0. The molecule has 2 rings (SSSR count). The molecule has 2 amide bonds. The van der Waals surface area contributed by atoms with Crippen LogP contribution in [0.1, 0.15) is 36.6 Å². The van der Waals surface area contributed by atoms with Crippen molar-refractivity contribution in [1.29, 1.82) is 0 Å². The Morgan fingerprint density at radius 3 is 2.61 bits per heavy atom. The Kier molecular flexibility index (Phi) is 6.41. The molecule has 0 aliphatic heterocycles. The molecular weight excluding hydrogens is 352 g/mol. The first kappa shape index (κ1) is 17.3. The number of nitrogens with one attached hydrogen (secondary N) is 2. The Hall–Kier alpha value is -2.07. The van der Waals surface area contributed by atoms with Crippen LogP contribution in [0.3, 0.4) is 0 Å². The monoisotopic (exact) mass is 372 g/mol. The van der Waals surface area contributed by atoms with Gasteiger partial charge in [0, 0.05) is 10.7 Å². The van der Waals surface area contributed by atoms with Crippen LogP contribution in [-0.4, -0.2) is 6.03 Å². The minimum Gasteiger partial charge on any atom is -0.331 e. The lowest BCUT2D eigenvalue weighted by Gasteiger charge is -2.14. The topological polar surface area (TPSA) is 41.1 Å². The first-order valence-corrected chi connectivity index (χ1v) is 8.45. The van der Waals surface area contributed by atoms with Crippen molar-refractivity contribution >= 4 is 28.0 Å². The third kappa shape index (κ3) is 5.57. The molecule has 23 heavy (non-hydrogen) atoms. The van der Waals surface area contributed by atoms with Gasteiger partial charge < -0.3 is 10.6 Å². The van der Waals surface area contributed by atoms with Crippen LogP contribution in [0.4, 0.5) is 4.79 Å². The predicted octanol–water partition coefficient (Wildman–Crippen LogP) is 5.04. The Morgan fingerprint density at radius 2 is 1.96 bits per heavy atom. The minimum absolute atomic E-state index is 0.0415. The van der Waals surface area contributed by atoms with Crippen LogP contribution in [0, 0.1) is 0 Å². The molecule has 1 unspecified atom stereocenters. The number of benzene rings is 2. The molecule has 0 fully saturated rings. The van der Waals surface area contributed by atoms with Crippen molar-refractivity contribution < 1.29 is 4.79 Å². The van der Waals surface area contributed by atoms with E-state index in [0.717, 1.165) is 22.0 Å². The van der Waals surface area contributed by atoms with Crippen molar-refractivity contribution in [2.45, 2.75) is 26.3 Å². The summed E-state index contributed by atoms with van der Waals surface area (Å²) in [6.07, 6.45) is 4.51. The number of hydrogen-bond donors (Lipinski definition) is 2. The molecule has 0 radical (unpaired) electrons. The molecule has 3 nitrogen and oxygen atoms in total. The number of urea groups is 1. The SMILES string of the molecule is CCc1ccc(C(C)NC(=O)N/C=C/c2cccc(Br)c2)cc1. The smallest absolute Gasteiger partial charge is 0.319 e. The summed E-state index contributed by atoms with van der Waals surface area (Å²) >= 11 is 3.42. The number of carbonyl (C=O) groups is 1. The molecule has 0 saturated heterocycles. The van der Waals surface area contributed by atoms with Crippen molar-refractivity contribution in [1.82, 2.24) is 10.6 Å². The summed E-state index contributed by atoms with van der Waals surface area (Å²) in [5.74, 6) is 0. The summed E-state index contributed by atoms with van der Waals surface area (Å²) in [6.45, 7) is 4.10. The van der Waals surface area contributed by atoms with Gasteiger partial charge in [-0.25, -0.2) is 4.79 Å². The summed E-state index contributed by atoms with van der Waals surface area (Å²) < 4.78 is 1.01. The number of amides is 2. The standard InChI is InChI=1S/C19H21BrN2O/c1-3-15-7-9-17(10-8-15)14(2)22-19(23)21-12-11-16-5-4-6-18(20)13-16/h4-14H,3H2,1-2H3,(H2,21,22,23)/b12-11+. The Morgan fingerprint density at radius 1 is 1.22 bits per heavy atom. The quantitative estimate of drug-likeness (QED) is 0.757. The van der Waals surface area contributed by atoms with Gasteiger partial charge >= 0.3 is 6.03 Å². The molecule has 120 valence electrons. The number of hydrogen-bond acceptors (Lipinski definition) is 1. The number of aryl methyl sites for hydroxylation is 1. The molecule has 2 aromatic rings. The maximum Gasteiger partial charge on any atom is 0.319 e. The van der Waals surface area contributed by atoms with Crippen LogP contribution in [0.5, 0.6) is 0 Å². The molecule has 0 bridgehead atoms. The van der Waals surface area contributed by atoms with Gasteiger partial charge in [0.2, 0.25) is 0 Å². The lowest BCUT2D eigenvalue weighted by atomic mass is 10.1. The van der Waals surface area contributed by atoms with E-state index in [0.29, 0.717) is 0 Å². The molecule has 0 spiro atoms. The van der Waals surface area contributed by atoms with Gasteiger partial charge in [-0.05, 0) is 48.2 Å². The highest BCUT2D eigenvalue weighted by molar-refractivity contribution is 9.10. The lowest BCUT2D eigenvalue weighted by Crippen LogP contribution is -2.34. The van der Waals surface area contributed by atoms with Crippen LogP contribution in [-0.2, 0) is 6.42 Å². The summed E-state index contributed by atoms with van der Waals surface area (Å²) in [5, 5.41) is 5.65. The van der Waals surface area contributed by atoms with Gasteiger partial charge in [0.25, 0.3) is 0 Å². The fourth-order valence-corrected chi connectivity index (χ4v) is 2.60. The number of carbonyl (C=O) groups excluding carboxylic acids is 1. The van der Waals surface area contributed by atoms with E-state index in [2.05, 4.69) is 57.8 Å². The highest BCUT2D eigenvalue weighted by atomic mass is 79.9. The van der Waals surface area contributed by atoms with Gasteiger partial charge in [-0.15, -0.1) is 0 Å². The third-order valence-corrected chi connectivity index (χ3v) is 4.07. The van der Waals surface area contributed by atoms with E-state index < -0.39 is 0 Å². The fourth-order valence-electron chi connectivity index (χ4n) is 2.19. The maximum absolute atomic E-state index is 11.9. The molecule has 1 atom stereocenters. The lowest BCUT2D eigenvalue weighted by molar-refractivity contribution is 0.241. The maximum atomic E-state index is 11.9. The largest absolute Gasteiger partial charge is 0.331 e. The number of halogens is 1. The van der Waals surface area contributed by atoms with Crippen molar-refractivity contribution in [3.05, 3.63) is 75.9 Å². The zero-order chi connectivity index (χ0) is 16.7. The second kappa shape index (κ2) is 8.53. The second-order valence-electron chi connectivity index (χ2n) is 5.32. The first-order chi connectivity index (χ1) is 11.1. The van der Waals surface area contributed by atoms with Gasteiger partial charge in [-0.2, -0.15) is 0 Å². The molecule has 0 aliphatic rings. The zero-order valence-corrected chi connectivity index (χ0v) is 14.9. The number of rotatable bonds is 5. The van der Waals surface area contributed by atoms with Crippen LogP contribution < -0.4 is 10.6 Å². The molecule has 2 aromatic carbocycles. The average Bonchev–Trinajstić information content (AvgIpc) is 2.55. The third-order valence-electron chi connectivity index (χ3n) is 3.57. The highest BCUT2D eigenvalue weighted by Gasteiger charge is 2.07. The van der Waals surface area contributed by atoms with E-state index in [4.69, 9.17) is 0 Å². The summed E-state index contributed by atoms with van der Waals surface area (Å²) in [5.41, 5.74) is 3.40. The molecule has 4 heteroatoms. The minimum atomic E-state index is -0.219. The highest BCUT2D eigenvalue weighted by Crippen LogP contribution is 2.14. The van der Waals surface area contributed by atoms with Crippen LogP contribution in [0.15, 0.2) is 59.2 Å². The van der Waals surface area contributed by atoms with Crippen molar-refractivity contribution in [3.8, 4) is 0 Å². The van der Waals surface area contributed by atoms with Gasteiger partial charge in [0.1, 0.15) is 0 Å². The molecule has 0 aromatic heterocycles. The van der Waals surface area contributed by atoms with Crippen molar-refractivity contribution in [3.63, 3.8) is 0 Å². The van der Waals surface area contributed by atoms with E-state index in [1.807, 2.05) is 37.3 Å². The zero-order valence-electron chi connectivity index (χ0n) is 13.3. The van der Waals surface area contributed by atoms with E-state index in [1.165, 1.54) is 5.56 Å². The Balaban J connectivity index is 1.86. The van der Waals surface area contributed by atoms with Crippen LogP contribution in [0.25, 0.3) is 6.08 Å². The first-order valence-electron chi connectivity index (χ1n) is 7.66. The normalized spacial score (nSPS) is 12.1. The summed E-state index contributed by atoms with van der Waals surface area (Å²) in [6, 6.07) is 15.9. The second-order valence-corrected chi connectivity index (χ2v) is 6.24.